The van der Waals surface area contributed by atoms with Crippen LogP contribution in [0.2, 0.25) is 0 Å². The first kappa shape index (κ1) is 19.9. The van der Waals surface area contributed by atoms with Gasteiger partial charge in [0.15, 0.2) is 11.5 Å². The van der Waals surface area contributed by atoms with Crippen molar-refractivity contribution in [1.29, 1.82) is 0 Å². The highest BCUT2D eigenvalue weighted by atomic mass is 16.5. The molecule has 0 radical (unpaired) electrons. The second-order valence-electron chi connectivity index (χ2n) is 7.21. The zero-order chi connectivity index (χ0) is 20.6. The molecule has 1 N–H and O–H groups in total. The third-order valence-corrected chi connectivity index (χ3v) is 4.84. The molecule has 0 spiro atoms. The lowest BCUT2D eigenvalue weighted by atomic mass is 10.2. The third kappa shape index (κ3) is 5.14. The van der Waals surface area contributed by atoms with Crippen LogP contribution in [-0.2, 0) is 0 Å². The Bertz CT molecular complexity index is 1000. The number of amidine groups is 1. The van der Waals surface area contributed by atoms with E-state index in [1.54, 1.807) is 6.20 Å². The number of rotatable bonds is 1. The minimum absolute atomic E-state index is 0.483. The first-order valence-corrected chi connectivity index (χ1v) is 10.4. The number of para-hydroxylation sites is 2. The molecule has 6 nitrogen and oxygen atoms in total. The van der Waals surface area contributed by atoms with Crippen LogP contribution in [0.25, 0.3) is 0 Å². The molecule has 0 unspecified atom stereocenters. The van der Waals surface area contributed by atoms with Crippen LogP contribution in [0.1, 0.15) is 36.9 Å². The summed E-state index contributed by atoms with van der Waals surface area (Å²) >= 11 is 0. The number of ether oxygens (including phenoxy) is 2. The summed E-state index contributed by atoms with van der Waals surface area (Å²) < 4.78 is 12.2. The van der Waals surface area contributed by atoms with E-state index in [-0.39, 0.29) is 0 Å². The second kappa shape index (κ2) is 9.87. The summed E-state index contributed by atoms with van der Waals surface area (Å²) in [5, 5.41) is 3.40. The van der Waals surface area contributed by atoms with Gasteiger partial charge in [0.25, 0.3) is 0 Å². The number of anilines is 1. The van der Waals surface area contributed by atoms with Crippen molar-refractivity contribution in [2.75, 3.05) is 18.5 Å². The Morgan fingerprint density at radius 3 is 2.60 bits per heavy atom. The number of hydrogen-bond donors (Lipinski definition) is 1. The van der Waals surface area contributed by atoms with Crippen molar-refractivity contribution in [2.45, 2.75) is 32.6 Å². The molecule has 1 aliphatic rings. The molecule has 3 heterocycles. The summed E-state index contributed by atoms with van der Waals surface area (Å²) in [7, 11) is 0. The fourth-order valence-corrected chi connectivity index (χ4v) is 3.22. The Morgan fingerprint density at radius 2 is 1.73 bits per heavy atom. The van der Waals surface area contributed by atoms with E-state index in [9.17, 15) is 0 Å². The summed E-state index contributed by atoms with van der Waals surface area (Å²) in [6.07, 6.45) is 7.78. The molecule has 0 fully saturated rings. The summed E-state index contributed by atoms with van der Waals surface area (Å²) in [6, 6.07) is 15.5. The van der Waals surface area contributed by atoms with Gasteiger partial charge in [-0.1, -0.05) is 18.6 Å². The zero-order valence-corrected chi connectivity index (χ0v) is 17.2. The van der Waals surface area contributed by atoms with Crippen molar-refractivity contribution in [2.24, 2.45) is 4.99 Å². The lowest BCUT2D eigenvalue weighted by Gasteiger charge is -2.16. The average molecular weight is 402 g/mol. The van der Waals surface area contributed by atoms with Gasteiger partial charge in [-0.05, 0) is 62.6 Å². The van der Waals surface area contributed by atoms with Gasteiger partial charge in [0.1, 0.15) is 5.84 Å². The van der Waals surface area contributed by atoms with Gasteiger partial charge in [0.2, 0.25) is 5.88 Å². The quantitative estimate of drug-likeness (QED) is 0.591. The highest BCUT2D eigenvalue weighted by Gasteiger charge is 2.15. The highest BCUT2D eigenvalue weighted by molar-refractivity contribution is 6.09. The van der Waals surface area contributed by atoms with Gasteiger partial charge in [0, 0.05) is 18.4 Å². The standard InChI is InChI=1S/C24H26N4O2/c1-18-12-13-19(17-27-18)28-23-20-9-8-15-26-24(20)30-22-11-5-4-10-21(22)29-16-7-3-2-6-14-25-23/h4-5,8-13,15,17H,2-3,6-7,14,16H2,1H3,(H,25,28). The average Bonchev–Trinajstić information content (AvgIpc) is 2.77. The molecule has 3 aromatic rings. The van der Waals surface area contributed by atoms with E-state index >= 15 is 0 Å². The molecule has 6 heteroatoms. The molecule has 30 heavy (non-hydrogen) atoms. The van der Waals surface area contributed by atoms with Gasteiger partial charge >= 0.3 is 0 Å². The van der Waals surface area contributed by atoms with E-state index in [4.69, 9.17) is 14.5 Å². The van der Waals surface area contributed by atoms with Crippen LogP contribution >= 0.6 is 0 Å². The summed E-state index contributed by atoms with van der Waals surface area (Å²) in [5.74, 6) is 2.57. The van der Waals surface area contributed by atoms with Crippen LogP contribution in [0.3, 0.4) is 0 Å². The van der Waals surface area contributed by atoms with Gasteiger partial charge in [-0.25, -0.2) is 4.98 Å². The van der Waals surface area contributed by atoms with E-state index in [0.29, 0.717) is 18.2 Å². The lowest BCUT2D eigenvalue weighted by Crippen LogP contribution is -2.16. The smallest absolute Gasteiger partial charge is 0.230 e. The predicted octanol–water partition coefficient (Wildman–Crippen LogP) is 5.39. The first-order chi connectivity index (χ1) is 14.8. The fourth-order valence-electron chi connectivity index (χ4n) is 3.22. The maximum atomic E-state index is 6.20. The van der Waals surface area contributed by atoms with E-state index in [2.05, 4.69) is 15.3 Å². The molecule has 1 aliphatic heterocycles. The van der Waals surface area contributed by atoms with Crippen LogP contribution in [-0.4, -0.2) is 29.0 Å². The van der Waals surface area contributed by atoms with E-state index in [1.807, 2.05) is 61.7 Å². The fraction of sp³-hybridized carbons (Fsp3) is 0.292. The van der Waals surface area contributed by atoms with Crippen LogP contribution in [0, 0.1) is 6.92 Å². The number of benzene rings is 1. The van der Waals surface area contributed by atoms with Crippen molar-refractivity contribution in [3.8, 4) is 17.4 Å². The van der Waals surface area contributed by atoms with Crippen molar-refractivity contribution in [3.63, 3.8) is 0 Å². The van der Waals surface area contributed by atoms with Crippen molar-refractivity contribution in [3.05, 3.63) is 72.2 Å². The van der Waals surface area contributed by atoms with Gasteiger partial charge in [0.05, 0.1) is 24.1 Å². The molecule has 0 atom stereocenters. The topological polar surface area (TPSA) is 68.6 Å². The maximum Gasteiger partial charge on any atom is 0.230 e. The SMILES string of the molecule is Cc1ccc(NC2=NCCCCCCOc3ccccc3Oc3ncccc32)cn1. The molecular formula is C24H26N4O2. The number of nitrogens with one attached hydrogen (secondary N) is 1. The largest absolute Gasteiger partial charge is 0.490 e. The normalized spacial score (nSPS) is 14.8. The minimum Gasteiger partial charge on any atom is -0.490 e. The number of pyridine rings is 2. The number of aromatic nitrogens is 2. The molecule has 0 amide bonds. The van der Waals surface area contributed by atoms with Crippen LogP contribution in [0.4, 0.5) is 5.69 Å². The molecule has 0 saturated carbocycles. The molecular weight excluding hydrogens is 376 g/mol. The second-order valence-corrected chi connectivity index (χ2v) is 7.21. The van der Waals surface area contributed by atoms with Gasteiger partial charge in [-0.2, -0.15) is 0 Å². The van der Waals surface area contributed by atoms with Crippen LogP contribution < -0.4 is 14.8 Å². The van der Waals surface area contributed by atoms with E-state index in [0.717, 1.165) is 60.8 Å². The van der Waals surface area contributed by atoms with Gasteiger partial charge < -0.3 is 14.8 Å². The Hall–Kier alpha value is -3.41. The molecule has 1 aromatic carbocycles. The number of fused-ring (bicyclic) bond motifs is 2. The Kier molecular flexibility index (Phi) is 6.54. The molecule has 154 valence electrons. The molecule has 2 aromatic heterocycles. The van der Waals surface area contributed by atoms with Crippen molar-refractivity contribution in [1.82, 2.24) is 9.97 Å². The van der Waals surface area contributed by atoms with Crippen LogP contribution in [0.15, 0.2) is 65.9 Å². The highest BCUT2D eigenvalue weighted by Crippen LogP contribution is 2.32. The number of hydrogen-bond acceptors (Lipinski definition) is 6. The molecule has 4 rings (SSSR count). The molecule has 0 bridgehead atoms. The Balaban J connectivity index is 1.71. The van der Waals surface area contributed by atoms with Crippen LogP contribution in [0.5, 0.6) is 17.4 Å². The number of aryl methyl sites for hydroxylation is 1. The maximum absolute atomic E-state index is 6.20. The number of aliphatic imine (C=N–C) groups is 1. The van der Waals surface area contributed by atoms with Crippen molar-refractivity contribution >= 4 is 11.5 Å². The van der Waals surface area contributed by atoms with Crippen molar-refractivity contribution < 1.29 is 9.47 Å². The Labute approximate surface area is 177 Å². The summed E-state index contributed by atoms with van der Waals surface area (Å²) in [6.45, 7) is 3.37. The predicted molar refractivity (Wildman–Crippen MR) is 119 cm³/mol. The first-order valence-electron chi connectivity index (χ1n) is 10.4. The minimum atomic E-state index is 0.483. The van der Waals surface area contributed by atoms with Gasteiger partial charge in [-0.15, -0.1) is 0 Å². The monoisotopic (exact) mass is 402 g/mol. The summed E-state index contributed by atoms with van der Waals surface area (Å²) in [4.78, 5) is 13.7. The van der Waals surface area contributed by atoms with E-state index in [1.165, 1.54) is 0 Å². The zero-order valence-electron chi connectivity index (χ0n) is 17.2. The number of nitrogens with zero attached hydrogens (tertiary/aromatic N) is 3. The third-order valence-electron chi connectivity index (χ3n) is 4.84. The molecule has 0 saturated heterocycles. The Morgan fingerprint density at radius 1 is 0.867 bits per heavy atom. The lowest BCUT2D eigenvalue weighted by molar-refractivity contribution is 0.290. The molecule has 0 aliphatic carbocycles. The van der Waals surface area contributed by atoms with E-state index < -0.39 is 0 Å². The summed E-state index contributed by atoms with van der Waals surface area (Å²) in [5.41, 5.74) is 2.64. The van der Waals surface area contributed by atoms with Gasteiger partial charge in [-0.3, -0.25) is 9.98 Å².